The van der Waals surface area contributed by atoms with Crippen molar-refractivity contribution in [2.45, 2.75) is 18.4 Å². The molecule has 3 atom stereocenters. The lowest BCUT2D eigenvalue weighted by atomic mass is 9.77. The average molecular weight is 399 g/mol. The van der Waals surface area contributed by atoms with Crippen LogP contribution in [0.4, 0.5) is 5.69 Å². The lowest BCUT2D eigenvalue weighted by Gasteiger charge is -2.38. The lowest BCUT2D eigenvalue weighted by molar-refractivity contribution is 0.217. The van der Waals surface area contributed by atoms with Gasteiger partial charge in [-0.15, -0.1) is 0 Å². The van der Waals surface area contributed by atoms with Crippen LogP contribution in [-0.2, 0) is 0 Å². The Bertz CT molecular complexity index is 1030. The molecule has 2 aliphatic rings. The standard InChI is InChI=1S/C26H25NO3/c28-19-14-12-18(13-15-19)25-22-9-4-8-21(22)23-10-5-11-24(26(23)27-25)30-17-16-29-20-6-2-1-3-7-20/h1-8,10-15,21-22,25,27-28H,9,16-17H2. The van der Waals surface area contributed by atoms with Crippen LogP contribution in [0.15, 0.2) is 84.9 Å². The van der Waals surface area contributed by atoms with Crippen molar-refractivity contribution in [3.8, 4) is 17.2 Å². The summed E-state index contributed by atoms with van der Waals surface area (Å²) in [6.45, 7) is 0.960. The summed E-state index contributed by atoms with van der Waals surface area (Å²) in [6, 6.07) is 23.8. The van der Waals surface area contributed by atoms with E-state index in [2.05, 4.69) is 29.6 Å². The van der Waals surface area contributed by atoms with Crippen LogP contribution in [0.1, 0.15) is 29.5 Å². The number of aromatic hydroxyl groups is 1. The molecule has 1 aliphatic carbocycles. The summed E-state index contributed by atoms with van der Waals surface area (Å²) in [5.74, 6) is 2.81. The lowest BCUT2D eigenvalue weighted by Crippen LogP contribution is -2.29. The van der Waals surface area contributed by atoms with Crippen molar-refractivity contribution < 1.29 is 14.6 Å². The van der Waals surface area contributed by atoms with E-state index in [9.17, 15) is 5.11 Å². The Morgan fingerprint density at radius 2 is 1.67 bits per heavy atom. The fraction of sp³-hybridized carbons (Fsp3) is 0.231. The topological polar surface area (TPSA) is 50.7 Å². The minimum absolute atomic E-state index is 0.170. The Morgan fingerprint density at radius 3 is 2.50 bits per heavy atom. The van der Waals surface area contributed by atoms with Crippen molar-refractivity contribution in [3.05, 3.63) is 96.1 Å². The van der Waals surface area contributed by atoms with Gasteiger partial charge in [-0.1, -0.05) is 54.6 Å². The van der Waals surface area contributed by atoms with Crippen LogP contribution in [0, 0.1) is 5.92 Å². The van der Waals surface area contributed by atoms with Gasteiger partial charge in [0.25, 0.3) is 0 Å². The number of ether oxygens (including phenoxy) is 2. The van der Waals surface area contributed by atoms with E-state index < -0.39 is 0 Å². The van der Waals surface area contributed by atoms with E-state index in [1.807, 2.05) is 48.5 Å². The quantitative estimate of drug-likeness (QED) is 0.414. The second-order valence-electron chi connectivity index (χ2n) is 7.80. The summed E-state index contributed by atoms with van der Waals surface area (Å²) in [6.07, 6.45) is 5.64. The van der Waals surface area contributed by atoms with Crippen molar-refractivity contribution in [2.75, 3.05) is 18.5 Å². The number of para-hydroxylation sites is 2. The molecule has 0 bridgehead atoms. The molecule has 0 spiro atoms. The first-order valence-corrected chi connectivity index (χ1v) is 10.5. The number of hydrogen-bond donors (Lipinski definition) is 2. The highest BCUT2D eigenvalue weighted by atomic mass is 16.5. The van der Waals surface area contributed by atoms with Gasteiger partial charge < -0.3 is 19.9 Å². The van der Waals surface area contributed by atoms with Crippen molar-refractivity contribution in [3.63, 3.8) is 0 Å². The first-order valence-electron chi connectivity index (χ1n) is 10.5. The number of fused-ring (bicyclic) bond motifs is 3. The molecule has 0 fully saturated rings. The highest BCUT2D eigenvalue weighted by Crippen LogP contribution is 2.52. The summed E-state index contributed by atoms with van der Waals surface area (Å²) in [7, 11) is 0. The highest BCUT2D eigenvalue weighted by Gasteiger charge is 2.38. The Balaban J connectivity index is 1.35. The third kappa shape index (κ3) is 3.61. The number of nitrogens with one attached hydrogen (secondary N) is 1. The van der Waals surface area contributed by atoms with Gasteiger partial charge >= 0.3 is 0 Å². The minimum atomic E-state index is 0.170. The molecule has 4 heteroatoms. The molecule has 0 amide bonds. The van der Waals surface area contributed by atoms with Gasteiger partial charge in [-0.25, -0.2) is 0 Å². The first kappa shape index (κ1) is 18.6. The van der Waals surface area contributed by atoms with Crippen molar-refractivity contribution >= 4 is 5.69 Å². The molecule has 2 N–H and O–H groups in total. The molecule has 4 nitrogen and oxygen atoms in total. The SMILES string of the molecule is Oc1ccc(C2Nc3c(OCCOc4ccccc4)cccc3C3C=CCC32)cc1. The molecule has 30 heavy (non-hydrogen) atoms. The van der Waals surface area contributed by atoms with Gasteiger partial charge in [-0.2, -0.15) is 0 Å². The van der Waals surface area contributed by atoms with Gasteiger partial charge in [0.2, 0.25) is 0 Å². The zero-order valence-corrected chi connectivity index (χ0v) is 16.7. The van der Waals surface area contributed by atoms with Gasteiger partial charge in [0.1, 0.15) is 30.5 Å². The third-order valence-electron chi connectivity index (χ3n) is 5.96. The number of allylic oxidation sites excluding steroid dienone is 2. The number of hydrogen-bond acceptors (Lipinski definition) is 4. The van der Waals surface area contributed by atoms with Crippen LogP contribution in [-0.4, -0.2) is 18.3 Å². The van der Waals surface area contributed by atoms with Crippen LogP contribution in [0.25, 0.3) is 0 Å². The van der Waals surface area contributed by atoms with Gasteiger partial charge in [0.15, 0.2) is 0 Å². The largest absolute Gasteiger partial charge is 0.508 e. The fourth-order valence-corrected chi connectivity index (χ4v) is 4.55. The second kappa shape index (κ2) is 8.15. The summed E-state index contributed by atoms with van der Waals surface area (Å²) in [4.78, 5) is 0. The van der Waals surface area contributed by atoms with Crippen LogP contribution >= 0.6 is 0 Å². The molecule has 0 aromatic heterocycles. The molecular formula is C26H25NO3. The number of benzene rings is 3. The van der Waals surface area contributed by atoms with E-state index in [0.717, 1.165) is 23.6 Å². The molecule has 3 unspecified atom stereocenters. The summed E-state index contributed by atoms with van der Waals surface area (Å²) < 4.78 is 11.9. The van der Waals surface area contributed by atoms with Crippen LogP contribution < -0.4 is 14.8 Å². The Hall–Kier alpha value is -3.40. The maximum absolute atomic E-state index is 9.68. The molecule has 152 valence electrons. The maximum Gasteiger partial charge on any atom is 0.142 e. The number of anilines is 1. The van der Waals surface area contributed by atoms with Gasteiger partial charge in [-0.05, 0) is 53.8 Å². The zero-order valence-electron chi connectivity index (χ0n) is 16.7. The summed E-state index contributed by atoms with van der Waals surface area (Å²) >= 11 is 0. The molecule has 1 heterocycles. The van der Waals surface area contributed by atoms with E-state index in [-0.39, 0.29) is 6.04 Å². The van der Waals surface area contributed by atoms with Crippen LogP contribution in [0.3, 0.4) is 0 Å². The van der Waals surface area contributed by atoms with Gasteiger partial charge in [0, 0.05) is 5.92 Å². The number of phenolic OH excluding ortho intramolecular Hbond substituents is 1. The Morgan fingerprint density at radius 1 is 0.867 bits per heavy atom. The first-order chi connectivity index (χ1) is 14.8. The zero-order chi connectivity index (χ0) is 20.3. The Kier molecular flexibility index (Phi) is 5.06. The van der Waals surface area contributed by atoms with E-state index in [1.165, 1.54) is 11.1 Å². The molecule has 3 aromatic rings. The van der Waals surface area contributed by atoms with Gasteiger partial charge in [0.05, 0.1) is 11.7 Å². The van der Waals surface area contributed by atoms with Crippen molar-refractivity contribution in [1.29, 1.82) is 0 Å². The third-order valence-corrected chi connectivity index (χ3v) is 5.96. The van der Waals surface area contributed by atoms with E-state index in [0.29, 0.717) is 30.8 Å². The number of phenols is 1. The van der Waals surface area contributed by atoms with Gasteiger partial charge in [-0.3, -0.25) is 0 Å². The fourth-order valence-electron chi connectivity index (χ4n) is 4.55. The summed E-state index contributed by atoms with van der Waals surface area (Å²) in [5, 5.41) is 13.4. The molecule has 1 aliphatic heterocycles. The van der Waals surface area contributed by atoms with E-state index in [4.69, 9.17) is 9.47 Å². The molecular weight excluding hydrogens is 374 g/mol. The number of rotatable bonds is 6. The average Bonchev–Trinajstić information content (AvgIpc) is 3.28. The monoisotopic (exact) mass is 399 g/mol. The second-order valence-corrected chi connectivity index (χ2v) is 7.80. The smallest absolute Gasteiger partial charge is 0.142 e. The minimum Gasteiger partial charge on any atom is -0.508 e. The Labute approximate surface area is 176 Å². The molecule has 0 saturated carbocycles. The van der Waals surface area contributed by atoms with Crippen LogP contribution in [0.5, 0.6) is 17.2 Å². The molecule has 0 saturated heterocycles. The van der Waals surface area contributed by atoms with Crippen LogP contribution in [0.2, 0.25) is 0 Å². The predicted molar refractivity (Wildman–Crippen MR) is 118 cm³/mol. The van der Waals surface area contributed by atoms with E-state index in [1.54, 1.807) is 12.1 Å². The predicted octanol–water partition coefficient (Wildman–Crippen LogP) is 5.68. The van der Waals surface area contributed by atoms with Crippen molar-refractivity contribution in [2.24, 2.45) is 5.92 Å². The molecule has 0 radical (unpaired) electrons. The highest BCUT2D eigenvalue weighted by molar-refractivity contribution is 5.67. The maximum atomic E-state index is 9.68. The summed E-state index contributed by atoms with van der Waals surface area (Å²) in [5.41, 5.74) is 3.52. The van der Waals surface area contributed by atoms with Crippen molar-refractivity contribution in [1.82, 2.24) is 0 Å². The van der Waals surface area contributed by atoms with E-state index >= 15 is 0 Å². The normalized spacial score (nSPS) is 21.4. The molecule has 3 aromatic carbocycles. The molecule has 5 rings (SSSR count).